The smallest absolute Gasteiger partial charge is 0.221 e. The number of aryl methyl sites for hydroxylation is 2. The van der Waals surface area contributed by atoms with Gasteiger partial charge in [-0.15, -0.1) is 0 Å². The quantitative estimate of drug-likeness (QED) is 0.796. The highest BCUT2D eigenvalue weighted by atomic mass is 16.1. The Bertz CT molecular complexity index is 518. The fraction of sp³-hybridized carbons (Fsp3) is 0.462. The zero-order chi connectivity index (χ0) is 13.1. The summed E-state index contributed by atoms with van der Waals surface area (Å²) in [5.74, 6) is 0.756. The van der Waals surface area contributed by atoms with E-state index in [1.807, 2.05) is 24.8 Å². The molecular formula is C13H16N4O. The van der Waals surface area contributed by atoms with Crippen molar-refractivity contribution in [2.75, 3.05) is 24.5 Å². The lowest BCUT2D eigenvalue weighted by Crippen LogP contribution is -2.30. The third kappa shape index (κ3) is 2.43. The lowest BCUT2D eigenvalue weighted by atomic mass is 10.1. The molecule has 0 aromatic carbocycles. The first-order valence-corrected chi connectivity index (χ1v) is 6.02. The molecule has 0 radical (unpaired) electrons. The van der Waals surface area contributed by atoms with Crippen LogP contribution in [0.2, 0.25) is 0 Å². The number of pyridine rings is 1. The number of nitrogens with zero attached hydrogens (tertiary/aromatic N) is 3. The number of aromatic nitrogens is 1. The molecule has 2 rings (SSSR count). The minimum atomic E-state index is 0.0559. The summed E-state index contributed by atoms with van der Waals surface area (Å²) in [6, 6.07) is 4.12. The van der Waals surface area contributed by atoms with Gasteiger partial charge in [-0.3, -0.25) is 4.79 Å². The third-order valence-electron chi connectivity index (χ3n) is 3.05. The summed E-state index contributed by atoms with van der Waals surface area (Å²) in [6.07, 6.45) is 0.444. The summed E-state index contributed by atoms with van der Waals surface area (Å²) in [7, 11) is 0. The van der Waals surface area contributed by atoms with Gasteiger partial charge in [0.25, 0.3) is 0 Å². The Morgan fingerprint density at radius 1 is 1.44 bits per heavy atom. The number of carbonyl (C=O) groups is 1. The van der Waals surface area contributed by atoms with E-state index < -0.39 is 0 Å². The van der Waals surface area contributed by atoms with Gasteiger partial charge in [-0.25, -0.2) is 4.98 Å². The van der Waals surface area contributed by atoms with Crippen molar-refractivity contribution < 1.29 is 4.79 Å². The highest BCUT2D eigenvalue weighted by molar-refractivity contribution is 5.77. The van der Waals surface area contributed by atoms with Crippen LogP contribution in [0.25, 0.3) is 0 Å². The van der Waals surface area contributed by atoms with E-state index in [4.69, 9.17) is 0 Å². The van der Waals surface area contributed by atoms with Gasteiger partial charge in [-0.2, -0.15) is 5.26 Å². The molecule has 0 atom stereocenters. The summed E-state index contributed by atoms with van der Waals surface area (Å²) in [4.78, 5) is 17.8. The Kier molecular flexibility index (Phi) is 3.47. The number of nitriles is 1. The van der Waals surface area contributed by atoms with Crippen LogP contribution in [0.15, 0.2) is 6.07 Å². The largest absolute Gasteiger partial charge is 0.354 e. The number of rotatable bonds is 1. The average Bonchev–Trinajstić information content (AvgIpc) is 2.53. The van der Waals surface area contributed by atoms with Crippen LogP contribution in [0.5, 0.6) is 0 Å². The van der Waals surface area contributed by atoms with Crippen molar-refractivity contribution in [2.24, 2.45) is 0 Å². The molecule has 1 aliphatic rings. The summed E-state index contributed by atoms with van der Waals surface area (Å²) in [5.41, 5.74) is 2.43. The van der Waals surface area contributed by atoms with E-state index >= 15 is 0 Å². The third-order valence-corrected chi connectivity index (χ3v) is 3.05. The van der Waals surface area contributed by atoms with E-state index in [-0.39, 0.29) is 5.91 Å². The fourth-order valence-electron chi connectivity index (χ4n) is 2.16. The van der Waals surface area contributed by atoms with E-state index in [9.17, 15) is 10.1 Å². The van der Waals surface area contributed by atoms with Gasteiger partial charge in [-0.1, -0.05) is 0 Å². The molecule has 5 nitrogen and oxygen atoms in total. The zero-order valence-electron chi connectivity index (χ0n) is 10.7. The first-order chi connectivity index (χ1) is 8.61. The lowest BCUT2D eigenvalue weighted by Gasteiger charge is -2.22. The molecule has 1 saturated heterocycles. The minimum Gasteiger partial charge on any atom is -0.354 e. The summed E-state index contributed by atoms with van der Waals surface area (Å²) in [5, 5.41) is 12.1. The molecule has 1 amide bonds. The molecule has 18 heavy (non-hydrogen) atoms. The van der Waals surface area contributed by atoms with Gasteiger partial charge in [0.05, 0.1) is 5.56 Å². The highest BCUT2D eigenvalue weighted by Gasteiger charge is 2.19. The van der Waals surface area contributed by atoms with E-state index in [0.29, 0.717) is 37.4 Å². The molecule has 1 aromatic heterocycles. The van der Waals surface area contributed by atoms with Gasteiger partial charge in [0.2, 0.25) is 5.91 Å². The van der Waals surface area contributed by atoms with Crippen LogP contribution < -0.4 is 10.2 Å². The second-order valence-electron chi connectivity index (χ2n) is 4.48. The molecule has 0 spiro atoms. The highest BCUT2D eigenvalue weighted by Crippen LogP contribution is 2.22. The maximum Gasteiger partial charge on any atom is 0.221 e. The first kappa shape index (κ1) is 12.4. The van der Waals surface area contributed by atoms with Crippen molar-refractivity contribution in [3.8, 4) is 6.07 Å². The Morgan fingerprint density at radius 3 is 2.94 bits per heavy atom. The van der Waals surface area contributed by atoms with Crippen LogP contribution in [0.4, 0.5) is 5.82 Å². The summed E-state index contributed by atoms with van der Waals surface area (Å²) < 4.78 is 0. The summed E-state index contributed by atoms with van der Waals surface area (Å²) >= 11 is 0. The second-order valence-corrected chi connectivity index (χ2v) is 4.48. The maximum absolute atomic E-state index is 11.3. The topological polar surface area (TPSA) is 69.0 Å². The van der Waals surface area contributed by atoms with E-state index in [2.05, 4.69) is 16.4 Å². The minimum absolute atomic E-state index is 0.0559. The normalized spacial score (nSPS) is 15.8. The van der Waals surface area contributed by atoms with Crippen molar-refractivity contribution in [3.63, 3.8) is 0 Å². The molecule has 0 saturated carbocycles. The Morgan fingerprint density at radius 2 is 2.22 bits per heavy atom. The number of anilines is 1. The van der Waals surface area contributed by atoms with Gasteiger partial charge in [-0.05, 0) is 25.5 Å². The predicted molar refractivity (Wildman–Crippen MR) is 68.3 cm³/mol. The SMILES string of the molecule is Cc1cc(C)c(C#N)c(N2CCNC(=O)CC2)n1. The van der Waals surface area contributed by atoms with Crippen LogP contribution in [0.3, 0.4) is 0 Å². The van der Waals surface area contributed by atoms with Gasteiger partial charge in [0.15, 0.2) is 0 Å². The maximum atomic E-state index is 11.3. The van der Waals surface area contributed by atoms with Crippen LogP contribution in [-0.4, -0.2) is 30.5 Å². The summed E-state index contributed by atoms with van der Waals surface area (Å²) in [6.45, 7) is 5.72. The molecule has 5 heteroatoms. The lowest BCUT2D eigenvalue weighted by molar-refractivity contribution is -0.120. The van der Waals surface area contributed by atoms with Crippen molar-refractivity contribution >= 4 is 11.7 Å². The van der Waals surface area contributed by atoms with Crippen LogP contribution >= 0.6 is 0 Å². The number of nitrogens with one attached hydrogen (secondary N) is 1. The Labute approximate surface area is 106 Å². The predicted octanol–water partition coefficient (Wildman–Crippen LogP) is 0.896. The van der Waals surface area contributed by atoms with E-state index in [1.165, 1.54) is 0 Å². The molecule has 1 fully saturated rings. The number of amides is 1. The number of hydrogen-bond donors (Lipinski definition) is 1. The van der Waals surface area contributed by atoms with Crippen molar-refractivity contribution in [1.29, 1.82) is 5.26 Å². The molecule has 2 heterocycles. The first-order valence-electron chi connectivity index (χ1n) is 6.02. The van der Waals surface area contributed by atoms with Gasteiger partial charge >= 0.3 is 0 Å². The van der Waals surface area contributed by atoms with E-state index in [1.54, 1.807) is 0 Å². The Hall–Kier alpha value is -2.09. The van der Waals surface area contributed by atoms with Gasteiger partial charge in [0, 0.05) is 31.7 Å². The number of hydrogen-bond acceptors (Lipinski definition) is 4. The molecule has 0 bridgehead atoms. The van der Waals surface area contributed by atoms with Crippen LogP contribution in [0.1, 0.15) is 23.2 Å². The van der Waals surface area contributed by atoms with Crippen molar-refractivity contribution in [3.05, 3.63) is 22.9 Å². The zero-order valence-corrected chi connectivity index (χ0v) is 10.7. The standard InChI is InChI=1S/C13H16N4O/c1-9-7-10(2)16-13(11(9)8-14)17-5-3-12(18)15-4-6-17/h7H,3-6H2,1-2H3,(H,15,18). The molecule has 0 unspecified atom stereocenters. The molecule has 1 aromatic rings. The van der Waals surface area contributed by atoms with Crippen LogP contribution in [0, 0.1) is 25.2 Å². The second kappa shape index (κ2) is 5.05. The van der Waals surface area contributed by atoms with Crippen molar-refractivity contribution in [1.82, 2.24) is 10.3 Å². The van der Waals surface area contributed by atoms with Crippen molar-refractivity contribution in [2.45, 2.75) is 20.3 Å². The van der Waals surface area contributed by atoms with Gasteiger partial charge in [0.1, 0.15) is 11.9 Å². The molecule has 1 aliphatic heterocycles. The monoisotopic (exact) mass is 244 g/mol. The molecular weight excluding hydrogens is 228 g/mol. The molecule has 1 N–H and O–H groups in total. The van der Waals surface area contributed by atoms with Crippen LogP contribution in [-0.2, 0) is 4.79 Å². The number of carbonyl (C=O) groups excluding carboxylic acids is 1. The molecule has 0 aliphatic carbocycles. The average molecular weight is 244 g/mol. The molecule has 94 valence electrons. The fourth-order valence-corrected chi connectivity index (χ4v) is 2.16. The van der Waals surface area contributed by atoms with E-state index in [0.717, 1.165) is 11.3 Å². The van der Waals surface area contributed by atoms with Gasteiger partial charge < -0.3 is 10.2 Å². The Balaban J connectivity index is 2.38.